The molecule has 74 valence electrons. The molecule has 8 heteroatoms. The molecule has 0 bridgehead atoms. The molecule has 1 amide bonds. The minimum Gasteiger partial charge on any atom is -0.369 e. The first kappa shape index (κ1) is 9.10. The fourth-order valence-corrected chi connectivity index (χ4v) is 1.34. The highest BCUT2D eigenvalue weighted by Gasteiger charge is 2.38. The van der Waals surface area contributed by atoms with Crippen molar-refractivity contribution in [1.82, 2.24) is 20.6 Å². The van der Waals surface area contributed by atoms with Crippen LogP contribution in [0, 0.1) is 0 Å². The van der Waals surface area contributed by atoms with Crippen LogP contribution < -0.4 is 4.90 Å². The van der Waals surface area contributed by atoms with E-state index in [2.05, 4.69) is 20.6 Å². The van der Waals surface area contributed by atoms with Gasteiger partial charge in [0.15, 0.2) is 6.23 Å². The van der Waals surface area contributed by atoms with Gasteiger partial charge in [0.1, 0.15) is 5.03 Å². The topological polar surface area (TPSA) is 95.0 Å². The second-order valence-electron chi connectivity index (χ2n) is 2.76. The lowest BCUT2D eigenvalue weighted by atomic mass is 10.3. The van der Waals surface area contributed by atoms with E-state index in [0.717, 1.165) is 4.90 Å². The summed E-state index contributed by atoms with van der Waals surface area (Å²) < 4.78 is 0. The fraction of sp³-hybridized carbons (Fsp3) is 0.333. The van der Waals surface area contributed by atoms with Crippen LogP contribution in [-0.2, 0) is 4.79 Å². The van der Waals surface area contributed by atoms with Gasteiger partial charge in [-0.05, 0) is 12.1 Å². The lowest BCUT2D eigenvalue weighted by Crippen LogP contribution is -2.36. The van der Waals surface area contributed by atoms with E-state index >= 15 is 0 Å². The van der Waals surface area contributed by atoms with E-state index in [4.69, 9.17) is 11.6 Å². The summed E-state index contributed by atoms with van der Waals surface area (Å²) in [6.45, 7) is 1.56. The molecule has 0 saturated heterocycles. The van der Waals surface area contributed by atoms with Crippen molar-refractivity contribution in [2.45, 2.75) is 13.2 Å². The van der Waals surface area contributed by atoms with Crippen molar-refractivity contribution >= 4 is 23.5 Å². The summed E-state index contributed by atoms with van der Waals surface area (Å²) in [7, 11) is 0. The molecule has 1 aliphatic heterocycles. The van der Waals surface area contributed by atoms with E-state index in [0.29, 0.717) is 5.57 Å². The third-order valence-corrected chi connectivity index (χ3v) is 2.39. The smallest absolute Gasteiger partial charge is 0.275 e. The van der Waals surface area contributed by atoms with Crippen LogP contribution >= 0.6 is 11.6 Å². The van der Waals surface area contributed by atoms with Crippen molar-refractivity contribution in [3.63, 3.8) is 0 Å². The highest BCUT2D eigenvalue weighted by molar-refractivity contribution is 6.45. The first-order chi connectivity index (χ1) is 6.63. The number of aromatic amines is 1. The monoisotopic (exact) mass is 215 g/mol. The molecule has 7 nitrogen and oxygen atoms in total. The quantitative estimate of drug-likeness (QED) is 0.651. The molecule has 0 fully saturated rings. The predicted octanol–water partition coefficient (Wildman–Crippen LogP) is -0.622. The number of nitrogens with zero attached hydrogens (tertiary/aromatic N) is 4. The fourth-order valence-electron chi connectivity index (χ4n) is 1.15. The minimum absolute atomic E-state index is 0.00231. The first-order valence-corrected chi connectivity index (χ1v) is 4.12. The maximum Gasteiger partial charge on any atom is 0.275 e. The summed E-state index contributed by atoms with van der Waals surface area (Å²) in [6, 6.07) is 0. The van der Waals surface area contributed by atoms with Gasteiger partial charge in [-0.15, -0.1) is 5.10 Å². The molecule has 2 rings (SSSR count). The Morgan fingerprint density at radius 1 is 1.64 bits per heavy atom. The SMILES string of the molecule is CC1=C(Cl)C(=O)N(c2nn[nH]n2)C1O. The van der Waals surface area contributed by atoms with Crippen molar-refractivity contribution in [2.24, 2.45) is 0 Å². The Hall–Kier alpha value is -1.47. The number of hydrogen-bond donors (Lipinski definition) is 2. The Kier molecular flexibility index (Phi) is 1.97. The number of carbonyl (C=O) groups excluding carboxylic acids is 1. The summed E-state index contributed by atoms with van der Waals surface area (Å²) in [5.41, 5.74) is 0.376. The number of aliphatic hydroxyl groups is 1. The number of hydrogen-bond acceptors (Lipinski definition) is 5. The van der Waals surface area contributed by atoms with E-state index in [1.165, 1.54) is 0 Å². The number of tetrazole rings is 1. The third kappa shape index (κ3) is 1.10. The summed E-state index contributed by atoms with van der Waals surface area (Å²) in [5.74, 6) is -0.532. The normalized spacial score (nSPS) is 22.4. The van der Waals surface area contributed by atoms with Crippen molar-refractivity contribution in [3.8, 4) is 0 Å². The summed E-state index contributed by atoms with van der Waals surface area (Å²) in [6.07, 6.45) is -1.12. The van der Waals surface area contributed by atoms with Gasteiger partial charge in [0.05, 0.1) is 0 Å². The van der Waals surface area contributed by atoms with Crippen LogP contribution in [0.3, 0.4) is 0 Å². The van der Waals surface area contributed by atoms with Gasteiger partial charge in [-0.25, -0.2) is 4.90 Å². The number of amides is 1. The molecule has 0 aromatic carbocycles. The molecule has 0 aliphatic carbocycles. The highest BCUT2D eigenvalue weighted by Crippen LogP contribution is 2.28. The molecule has 1 aromatic rings. The third-order valence-electron chi connectivity index (χ3n) is 1.93. The average Bonchev–Trinajstić information content (AvgIpc) is 2.73. The van der Waals surface area contributed by atoms with E-state index in [1.807, 2.05) is 0 Å². The molecule has 0 saturated carbocycles. The Morgan fingerprint density at radius 2 is 2.36 bits per heavy atom. The van der Waals surface area contributed by atoms with Crippen LogP contribution in [0.1, 0.15) is 6.92 Å². The lowest BCUT2D eigenvalue weighted by molar-refractivity contribution is -0.115. The number of nitrogens with one attached hydrogen (secondary N) is 1. The van der Waals surface area contributed by atoms with Gasteiger partial charge >= 0.3 is 0 Å². The molecule has 1 aromatic heterocycles. The van der Waals surface area contributed by atoms with Crippen LogP contribution in [0.5, 0.6) is 0 Å². The molecule has 2 N–H and O–H groups in total. The molecule has 14 heavy (non-hydrogen) atoms. The second-order valence-corrected chi connectivity index (χ2v) is 3.14. The maximum atomic E-state index is 11.5. The van der Waals surface area contributed by atoms with Gasteiger partial charge in [0.2, 0.25) is 0 Å². The van der Waals surface area contributed by atoms with Gasteiger partial charge < -0.3 is 5.11 Å². The van der Waals surface area contributed by atoms with Crippen molar-refractivity contribution in [2.75, 3.05) is 4.90 Å². The Balaban J connectivity index is 2.39. The standard InChI is InChI=1S/C6H6ClN5O2/c1-2-3(7)5(14)12(4(2)13)6-8-10-11-9-6/h4,13H,1H3,(H,8,9,10,11). The maximum absolute atomic E-state index is 11.5. The first-order valence-electron chi connectivity index (χ1n) is 3.74. The van der Waals surface area contributed by atoms with Gasteiger partial charge in [0, 0.05) is 5.57 Å². The molecule has 1 unspecified atom stereocenters. The summed E-state index contributed by atoms with van der Waals surface area (Å²) in [4.78, 5) is 12.4. The molecule has 0 radical (unpaired) electrons. The number of halogens is 1. The number of aromatic nitrogens is 4. The molecular weight excluding hydrogens is 210 g/mol. The van der Waals surface area contributed by atoms with Gasteiger partial charge in [-0.2, -0.15) is 5.21 Å². The predicted molar refractivity (Wildman–Crippen MR) is 46.2 cm³/mol. The Labute approximate surface area is 83.4 Å². The number of carbonyl (C=O) groups is 1. The Bertz CT molecular complexity index is 400. The van der Waals surface area contributed by atoms with Gasteiger partial charge in [-0.1, -0.05) is 16.7 Å². The Morgan fingerprint density at radius 3 is 2.79 bits per heavy atom. The van der Waals surface area contributed by atoms with Gasteiger partial charge in [0.25, 0.3) is 11.9 Å². The van der Waals surface area contributed by atoms with Crippen LogP contribution in [-0.4, -0.2) is 37.9 Å². The van der Waals surface area contributed by atoms with Crippen molar-refractivity contribution in [1.29, 1.82) is 0 Å². The average molecular weight is 216 g/mol. The minimum atomic E-state index is -1.12. The molecular formula is C6H6ClN5O2. The molecule has 2 heterocycles. The van der Waals surface area contributed by atoms with Crippen LogP contribution in [0.2, 0.25) is 0 Å². The van der Waals surface area contributed by atoms with Crippen molar-refractivity contribution < 1.29 is 9.90 Å². The molecule has 0 spiro atoms. The van der Waals surface area contributed by atoms with Gasteiger partial charge in [-0.3, -0.25) is 4.79 Å². The molecule has 1 aliphatic rings. The van der Waals surface area contributed by atoms with Crippen molar-refractivity contribution in [3.05, 3.63) is 10.6 Å². The highest BCUT2D eigenvalue weighted by atomic mass is 35.5. The number of anilines is 1. The van der Waals surface area contributed by atoms with Crippen LogP contribution in [0.25, 0.3) is 0 Å². The van der Waals surface area contributed by atoms with Crippen LogP contribution in [0.4, 0.5) is 5.95 Å². The molecule has 1 atom stereocenters. The zero-order valence-corrected chi connectivity index (χ0v) is 7.86. The summed E-state index contributed by atoms with van der Waals surface area (Å²) in [5, 5.41) is 22.2. The second kappa shape index (κ2) is 3.03. The number of H-pyrrole nitrogens is 1. The van der Waals surface area contributed by atoms with E-state index in [1.54, 1.807) is 6.92 Å². The number of aliphatic hydroxyl groups excluding tert-OH is 1. The largest absolute Gasteiger partial charge is 0.369 e. The zero-order chi connectivity index (χ0) is 10.3. The summed E-state index contributed by atoms with van der Waals surface area (Å²) >= 11 is 5.66. The number of rotatable bonds is 1. The van der Waals surface area contributed by atoms with E-state index < -0.39 is 12.1 Å². The van der Waals surface area contributed by atoms with E-state index in [9.17, 15) is 9.90 Å². The van der Waals surface area contributed by atoms with E-state index in [-0.39, 0.29) is 11.0 Å². The van der Waals surface area contributed by atoms with Crippen LogP contribution in [0.15, 0.2) is 10.6 Å². The zero-order valence-electron chi connectivity index (χ0n) is 7.10. The lowest BCUT2D eigenvalue weighted by Gasteiger charge is -2.16.